The summed E-state index contributed by atoms with van der Waals surface area (Å²) in [6.07, 6.45) is 0. The molecule has 6 heteroatoms. The van der Waals surface area contributed by atoms with E-state index >= 15 is 0 Å². The normalized spacial score (nSPS) is 10.7. The van der Waals surface area contributed by atoms with Crippen LogP contribution in [0.1, 0.15) is 0 Å². The van der Waals surface area contributed by atoms with Gasteiger partial charge in [-0.3, -0.25) is 10.1 Å². The molecule has 0 fully saturated rings. The van der Waals surface area contributed by atoms with Crippen LogP contribution in [-0.4, -0.2) is 57.1 Å². The first-order valence-electron chi connectivity index (χ1n) is 6.33. The van der Waals surface area contributed by atoms with Gasteiger partial charge >= 0.3 is 0 Å². The maximum Gasteiger partial charge on any atom is 0.269 e. The van der Waals surface area contributed by atoms with Gasteiger partial charge in [-0.1, -0.05) is 0 Å². The van der Waals surface area contributed by atoms with E-state index in [-0.39, 0.29) is 10.6 Å². The Kier molecular flexibility index (Phi) is 6.24. The highest BCUT2D eigenvalue weighted by Gasteiger charge is 2.07. The largest absolute Gasteiger partial charge is 0.373 e. The average Bonchev–Trinajstić information content (AvgIpc) is 2.42. The first-order valence-corrected chi connectivity index (χ1v) is 6.33. The SMILES string of the molecule is CNCCN(C)CCN(C)c1ccc([N+](=O)[O-])cc1. The van der Waals surface area contributed by atoms with E-state index in [1.807, 2.05) is 14.1 Å². The Morgan fingerprint density at radius 3 is 2.32 bits per heavy atom. The molecule has 0 aromatic heterocycles. The molecular weight excluding hydrogens is 244 g/mol. The Morgan fingerprint density at radius 1 is 1.16 bits per heavy atom. The molecular formula is C13H22N4O2. The van der Waals surface area contributed by atoms with Gasteiger partial charge in [-0.25, -0.2) is 0 Å². The molecule has 0 aliphatic rings. The molecule has 6 nitrogen and oxygen atoms in total. The molecule has 1 aromatic carbocycles. The standard InChI is InChI=1S/C13H22N4O2/c1-14-8-9-15(2)10-11-16(3)12-4-6-13(7-5-12)17(18)19/h4-7,14H,8-11H2,1-3H3. The third-order valence-corrected chi connectivity index (χ3v) is 3.06. The van der Waals surface area contributed by atoms with E-state index in [0.717, 1.165) is 31.9 Å². The molecule has 0 saturated carbocycles. The second-order valence-electron chi connectivity index (χ2n) is 4.60. The minimum Gasteiger partial charge on any atom is -0.373 e. The summed E-state index contributed by atoms with van der Waals surface area (Å²) in [6, 6.07) is 6.64. The molecule has 0 atom stereocenters. The summed E-state index contributed by atoms with van der Waals surface area (Å²) < 4.78 is 0. The number of anilines is 1. The van der Waals surface area contributed by atoms with Gasteiger partial charge in [0.15, 0.2) is 0 Å². The maximum atomic E-state index is 10.6. The molecule has 0 heterocycles. The van der Waals surface area contributed by atoms with E-state index in [1.54, 1.807) is 12.1 Å². The number of nitrogens with one attached hydrogen (secondary N) is 1. The van der Waals surface area contributed by atoms with Gasteiger partial charge < -0.3 is 15.1 Å². The van der Waals surface area contributed by atoms with Gasteiger partial charge in [-0.15, -0.1) is 0 Å². The number of likely N-dealkylation sites (N-methyl/N-ethyl adjacent to an activating group) is 3. The van der Waals surface area contributed by atoms with Crippen molar-refractivity contribution in [1.29, 1.82) is 0 Å². The molecule has 0 spiro atoms. The topological polar surface area (TPSA) is 61.6 Å². The fourth-order valence-electron chi connectivity index (χ4n) is 1.69. The summed E-state index contributed by atoms with van der Waals surface area (Å²) in [5.74, 6) is 0. The van der Waals surface area contributed by atoms with Crippen LogP contribution in [-0.2, 0) is 0 Å². The second-order valence-corrected chi connectivity index (χ2v) is 4.60. The maximum absolute atomic E-state index is 10.6. The van der Waals surface area contributed by atoms with Gasteiger partial charge in [0.05, 0.1) is 4.92 Å². The van der Waals surface area contributed by atoms with Crippen molar-refractivity contribution in [3.63, 3.8) is 0 Å². The Labute approximate surface area is 114 Å². The Morgan fingerprint density at radius 2 is 1.79 bits per heavy atom. The lowest BCUT2D eigenvalue weighted by atomic mass is 10.2. The molecule has 1 rings (SSSR count). The minimum absolute atomic E-state index is 0.128. The quantitative estimate of drug-likeness (QED) is 0.565. The third-order valence-electron chi connectivity index (χ3n) is 3.06. The lowest BCUT2D eigenvalue weighted by Crippen LogP contribution is -2.34. The van der Waals surface area contributed by atoms with Crippen LogP contribution in [0.15, 0.2) is 24.3 Å². The summed E-state index contributed by atoms with van der Waals surface area (Å²) in [6.45, 7) is 3.82. The predicted molar refractivity (Wildman–Crippen MR) is 77.8 cm³/mol. The number of nitro groups is 1. The fraction of sp³-hybridized carbons (Fsp3) is 0.538. The van der Waals surface area contributed by atoms with Crippen molar-refractivity contribution < 1.29 is 4.92 Å². The van der Waals surface area contributed by atoms with Crippen molar-refractivity contribution in [3.05, 3.63) is 34.4 Å². The highest BCUT2D eigenvalue weighted by atomic mass is 16.6. The summed E-state index contributed by atoms with van der Waals surface area (Å²) in [7, 11) is 6.02. The lowest BCUT2D eigenvalue weighted by molar-refractivity contribution is -0.384. The fourth-order valence-corrected chi connectivity index (χ4v) is 1.69. The molecule has 0 amide bonds. The average molecular weight is 266 g/mol. The zero-order valence-electron chi connectivity index (χ0n) is 11.8. The number of rotatable bonds is 8. The Balaban J connectivity index is 2.44. The van der Waals surface area contributed by atoms with E-state index < -0.39 is 0 Å². The van der Waals surface area contributed by atoms with Gasteiger partial charge in [0, 0.05) is 51.0 Å². The molecule has 0 bridgehead atoms. The van der Waals surface area contributed by atoms with Gasteiger partial charge in [0.25, 0.3) is 5.69 Å². The first kappa shape index (κ1) is 15.4. The molecule has 106 valence electrons. The number of nitrogens with zero attached hydrogens (tertiary/aromatic N) is 3. The number of nitro benzene ring substituents is 1. The third kappa shape index (κ3) is 5.23. The number of benzene rings is 1. The number of hydrogen-bond acceptors (Lipinski definition) is 5. The molecule has 0 aliphatic heterocycles. The van der Waals surface area contributed by atoms with E-state index in [2.05, 4.69) is 22.2 Å². The van der Waals surface area contributed by atoms with Crippen molar-refractivity contribution in [2.75, 3.05) is 52.2 Å². The smallest absolute Gasteiger partial charge is 0.269 e. The summed E-state index contributed by atoms with van der Waals surface area (Å²) in [4.78, 5) is 14.5. The molecule has 1 aromatic rings. The Bertz CT molecular complexity index is 394. The van der Waals surface area contributed by atoms with Crippen LogP contribution in [0, 0.1) is 10.1 Å². The molecule has 0 unspecified atom stereocenters. The van der Waals surface area contributed by atoms with Crippen molar-refractivity contribution in [2.45, 2.75) is 0 Å². The van der Waals surface area contributed by atoms with Crippen molar-refractivity contribution in [3.8, 4) is 0 Å². The monoisotopic (exact) mass is 266 g/mol. The predicted octanol–water partition coefficient (Wildman–Crippen LogP) is 1.18. The van der Waals surface area contributed by atoms with Crippen LogP contribution in [0.25, 0.3) is 0 Å². The second kappa shape index (κ2) is 7.70. The summed E-state index contributed by atoms with van der Waals surface area (Å²) >= 11 is 0. The van der Waals surface area contributed by atoms with E-state index in [0.29, 0.717) is 0 Å². The van der Waals surface area contributed by atoms with Gasteiger partial charge in [-0.05, 0) is 26.2 Å². The van der Waals surface area contributed by atoms with Gasteiger partial charge in [0.1, 0.15) is 0 Å². The van der Waals surface area contributed by atoms with Crippen LogP contribution in [0.5, 0.6) is 0 Å². The molecule has 19 heavy (non-hydrogen) atoms. The first-order chi connectivity index (χ1) is 9.04. The molecule has 0 saturated heterocycles. The zero-order valence-corrected chi connectivity index (χ0v) is 11.8. The molecule has 0 radical (unpaired) electrons. The van der Waals surface area contributed by atoms with E-state index in [1.165, 1.54) is 12.1 Å². The lowest BCUT2D eigenvalue weighted by Gasteiger charge is -2.23. The molecule has 0 aliphatic carbocycles. The minimum atomic E-state index is -0.380. The zero-order chi connectivity index (χ0) is 14.3. The van der Waals surface area contributed by atoms with Crippen molar-refractivity contribution in [1.82, 2.24) is 10.2 Å². The number of hydrogen-bond donors (Lipinski definition) is 1. The van der Waals surface area contributed by atoms with Crippen LogP contribution >= 0.6 is 0 Å². The van der Waals surface area contributed by atoms with Crippen LogP contribution in [0.4, 0.5) is 11.4 Å². The van der Waals surface area contributed by atoms with Crippen molar-refractivity contribution >= 4 is 11.4 Å². The number of non-ortho nitro benzene ring substituents is 1. The summed E-state index contributed by atoms with van der Waals surface area (Å²) in [5.41, 5.74) is 1.12. The van der Waals surface area contributed by atoms with E-state index in [4.69, 9.17) is 0 Å². The highest BCUT2D eigenvalue weighted by molar-refractivity contribution is 5.50. The molecule has 1 N–H and O–H groups in total. The highest BCUT2D eigenvalue weighted by Crippen LogP contribution is 2.17. The van der Waals surface area contributed by atoms with E-state index in [9.17, 15) is 10.1 Å². The van der Waals surface area contributed by atoms with Crippen LogP contribution in [0.2, 0.25) is 0 Å². The van der Waals surface area contributed by atoms with Crippen LogP contribution < -0.4 is 10.2 Å². The van der Waals surface area contributed by atoms with Crippen molar-refractivity contribution in [2.24, 2.45) is 0 Å². The van der Waals surface area contributed by atoms with Crippen LogP contribution in [0.3, 0.4) is 0 Å². The Hall–Kier alpha value is -1.66. The summed E-state index contributed by atoms with van der Waals surface area (Å²) in [5, 5.41) is 13.7. The van der Waals surface area contributed by atoms with Gasteiger partial charge in [0.2, 0.25) is 0 Å². The van der Waals surface area contributed by atoms with Gasteiger partial charge in [-0.2, -0.15) is 0 Å².